The zero-order valence-corrected chi connectivity index (χ0v) is 20.5. The number of aryl methyl sites for hydroxylation is 1. The molecule has 2 aromatic heterocycles. The number of hydrogen-bond acceptors (Lipinski definition) is 3. The number of hydrogen-bond donors (Lipinski definition) is 1. The van der Waals surface area contributed by atoms with Gasteiger partial charge in [-0.25, -0.2) is 0 Å². The van der Waals surface area contributed by atoms with Crippen LogP contribution >= 0.6 is 22.7 Å². The molecule has 0 aliphatic carbocycles. The minimum atomic E-state index is -0.824. The predicted octanol–water partition coefficient (Wildman–Crippen LogP) is 2.68. The van der Waals surface area contributed by atoms with Gasteiger partial charge in [-0.1, -0.05) is 42.5 Å². The maximum absolute atomic E-state index is 12.3. The van der Waals surface area contributed by atoms with Crippen LogP contribution in [0.4, 0.5) is 0 Å². The van der Waals surface area contributed by atoms with E-state index < -0.39 is 5.60 Å². The van der Waals surface area contributed by atoms with E-state index in [4.69, 9.17) is 0 Å². The topological polar surface area (TPSA) is 20.2 Å². The lowest BCUT2D eigenvalue weighted by Gasteiger charge is -2.59. The van der Waals surface area contributed by atoms with Gasteiger partial charge in [0.05, 0.1) is 26.2 Å². The Balaban J connectivity index is 0.00000218. The van der Waals surface area contributed by atoms with Crippen molar-refractivity contribution < 1.29 is 26.6 Å². The molecule has 3 aliphatic heterocycles. The quantitative estimate of drug-likeness (QED) is 0.491. The second kappa shape index (κ2) is 8.87. The maximum atomic E-state index is 12.3. The summed E-state index contributed by atoms with van der Waals surface area (Å²) >= 11 is 3.43. The molecule has 1 N–H and O–H groups in total. The van der Waals surface area contributed by atoms with Gasteiger partial charge in [-0.15, -0.1) is 22.7 Å². The van der Waals surface area contributed by atoms with Crippen molar-refractivity contribution in [3.05, 3.63) is 80.7 Å². The van der Waals surface area contributed by atoms with E-state index in [1.807, 2.05) is 0 Å². The molecule has 30 heavy (non-hydrogen) atoms. The van der Waals surface area contributed by atoms with Crippen LogP contribution in [0.25, 0.3) is 0 Å². The van der Waals surface area contributed by atoms with Crippen LogP contribution in [0.3, 0.4) is 0 Å². The number of fused-ring (bicyclic) bond motifs is 3. The number of piperidine rings is 3. The van der Waals surface area contributed by atoms with Crippen molar-refractivity contribution in [1.82, 2.24) is 0 Å². The number of thiophene rings is 2. The van der Waals surface area contributed by atoms with E-state index in [1.165, 1.54) is 49.1 Å². The Kier molecular flexibility index (Phi) is 6.57. The summed E-state index contributed by atoms with van der Waals surface area (Å²) in [6.07, 6.45) is 5.83. The van der Waals surface area contributed by atoms with Gasteiger partial charge in [0.1, 0.15) is 5.60 Å². The van der Waals surface area contributed by atoms with E-state index in [9.17, 15) is 5.11 Å². The smallest absolute Gasteiger partial charge is 0.139 e. The van der Waals surface area contributed by atoms with Gasteiger partial charge in [-0.05, 0) is 34.9 Å². The number of aliphatic hydroxyl groups is 1. The Labute approximate surface area is 198 Å². The zero-order chi connectivity index (χ0) is 19.8. The van der Waals surface area contributed by atoms with Crippen LogP contribution in [-0.4, -0.2) is 35.8 Å². The molecule has 3 aliphatic rings. The third-order valence-electron chi connectivity index (χ3n) is 7.66. The minimum Gasteiger partial charge on any atom is -1.00 e. The summed E-state index contributed by atoms with van der Waals surface area (Å²) in [5.41, 5.74) is 0.622. The van der Waals surface area contributed by atoms with Crippen LogP contribution in [0.2, 0.25) is 0 Å². The van der Waals surface area contributed by atoms with Crippen LogP contribution in [0.15, 0.2) is 65.4 Å². The second-order valence-corrected chi connectivity index (χ2v) is 10.9. The second-order valence-electron chi connectivity index (χ2n) is 9.02. The van der Waals surface area contributed by atoms with E-state index in [-0.39, 0.29) is 22.4 Å². The third-order valence-corrected chi connectivity index (χ3v) is 9.62. The predicted molar refractivity (Wildman–Crippen MR) is 122 cm³/mol. The molecule has 2 nitrogen and oxygen atoms in total. The summed E-state index contributed by atoms with van der Waals surface area (Å²) in [7, 11) is 0. The summed E-state index contributed by atoms with van der Waals surface area (Å²) in [6, 6.07) is 19.4. The van der Waals surface area contributed by atoms with Gasteiger partial charge in [0, 0.05) is 40.9 Å². The molecular weight excluding hydrogens is 474 g/mol. The number of rotatable bonds is 7. The molecule has 0 unspecified atom stereocenters. The van der Waals surface area contributed by atoms with Gasteiger partial charge in [0.25, 0.3) is 0 Å². The molecule has 5 heteroatoms. The molecule has 2 bridgehead atoms. The Morgan fingerprint density at radius 3 is 1.90 bits per heavy atom. The lowest BCUT2D eigenvalue weighted by atomic mass is 9.59. The molecule has 5 heterocycles. The third kappa shape index (κ3) is 3.73. The number of halogens is 1. The number of quaternary nitrogens is 1. The average molecular weight is 505 g/mol. The first kappa shape index (κ1) is 22.2. The van der Waals surface area contributed by atoms with E-state index >= 15 is 0 Å². The zero-order valence-electron chi connectivity index (χ0n) is 17.3. The summed E-state index contributed by atoms with van der Waals surface area (Å²) in [5, 5.41) is 16.5. The van der Waals surface area contributed by atoms with Crippen LogP contribution < -0.4 is 17.0 Å². The first-order valence-electron chi connectivity index (χ1n) is 10.9. The van der Waals surface area contributed by atoms with Crippen molar-refractivity contribution in [1.29, 1.82) is 0 Å². The lowest BCUT2D eigenvalue weighted by molar-refractivity contribution is -0.946. The average Bonchev–Trinajstić information content (AvgIpc) is 3.50. The Morgan fingerprint density at radius 2 is 1.40 bits per heavy atom. The normalized spacial score (nSPS) is 25.8. The Hall–Kier alpha value is -0.980. The monoisotopic (exact) mass is 503 g/mol. The molecule has 0 spiro atoms. The Morgan fingerprint density at radius 1 is 0.833 bits per heavy atom. The fourth-order valence-corrected chi connectivity index (χ4v) is 7.80. The molecule has 0 radical (unpaired) electrons. The first-order valence-corrected chi connectivity index (χ1v) is 12.6. The summed E-state index contributed by atoms with van der Waals surface area (Å²) < 4.78 is 1.26. The van der Waals surface area contributed by atoms with Crippen molar-refractivity contribution in [3.8, 4) is 0 Å². The first-order chi connectivity index (χ1) is 14.2. The highest BCUT2D eigenvalue weighted by atomic mass is 79.9. The van der Waals surface area contributed by atoms with Crippen molar-refractivity contribution >= 4 is 22.7 Å². The number of nitrogens with zero attached hydrogens (tertiary/aromatic N) is 1. The van der Waals surface area contributed by atoms with Crippen molar-refractivity contribution in [3.63, 3.8) is 0 Å². The highest BCUT2D eigenvalue weighted by Gasteiger charge is 2.60. The molecule has 6 rings (SSSR count). The molecular formula is C25H30BrNOS2. The van der Waals surface area contributed by atoms with E-state index in [0.29, 0.717) is 0 Å². The highest BCUT2D eigenvalue weighted by molar-refractivity contribution is 7.11. The van der Waals surface area contributed by atoms with E-state index in [2.05, 4.69) is 65.4 Å². The Bertz CT molecular complexity index is 865. The molecule has 160 valence electrons. The van der Waals surface area contributed by atoms with Gasteiger partial charge < -0.3 is 26.6 Å². The molecule has 1 aromatic carbocycles. The summed E-state index contributed by atoms with van der Waals surface area (Å²) in [4.78, 5) is 2.26. The van der Waals surface area contributed by atoms with Gasteiger partial charge in [0.15, 0.2) is 0 Å². The lowest BCUT2D eigenvalue weighted by Crippen LogP contribution is -3.00. The van der Waals surface area contributed by atoms with Crippen molar-refractivity contribution in [2.75, 3.05) is 26.2 Å². The minimum absolute atomic E-state index is 0. The van der Waals surface area contributed by atoms with E-state index in [1.54, 1.807) is 22.7 Å². The SMILES string of the molecule is OC(c1cccs1)(c1cccs1)C12CC[N+](CCCc3ccccc3)(CC1)CC2.[Br-]. The van der Waals surface area contributed by atoms with Gasteiger partial charge in [0.2, 0.25) is 0 Å². The summed E-state index contributed by atoms with van der Waals surface area (Å²) in [6.45, 7) is 4.93. The fraction of sp³-hybridized carbons (Fsp3) is 0.440. The van der Waals surface area contributed by atoms with Gasteiger partial charge >= 0.3 is 0 Å². The fourth-order valence-electron chi connectivity index (χ4n) is 5.82. The molecule has 3 fully saturated rings. The van der Waals surface area contributed by atoms with Crippen LogP contribution in [0.5, 0.6) is 0 Å². The van der Waals surface area contributed by atoms with Crippen LogP contribution in [0, 0.1) is 5.41 Å². The van der Waals surface area contributed by atoms with E-state index in [0.717, 1.165) is 29.0 Å². The molecule has 3 saturated heterocycles. The largest absolute Gasteiger partial charge is 1.00 e. The molecule has 3 aromatic rings. The summed E-state index contributed by atoms with van der Waals surface area (Å²) in [5.74, 6) is 0. The van der Waals surface area contributed by atoms with Gasteiger partial charge in [-0.3, -0.25) is 0 Å². The number of benzene rings is 1. The highest BCUT2D eigenvalue weighted by Crippen LogP contribution is 2.58. The molecule has 0 atom stereocenters. The van der Waals surface area contributed by atoms with Crippen molar-refractivity contribution in [2.24, 2.45) is 5.41 Å². The van der Waals surface area contributed by atoms with Crippen molar-refractivity contribution in [2.45, 2.75) is 37.7 Å². The molecule has 0 saturated carbocycles. The van der Waals surface area contributed by atoms with Crippen LogP contribution in [0.1, 0.15) is 41.0 Å². The van der Waals surface area contributed by atoms with Gasteiger partial charge in [-0.2, -0.15) is 0 Å². The van der Waals surface area contributed by atoms with Crippen LogP contribution in [-0.2, 0) is 12.0 Å². The molecule has 0 amide bonds. The maximum Gasteiger partial charge on any atom is 0.139 e. The standard InChI is InChI=1S/C25H30NOS2.BrH/c27-25(22-10-5-19-28-22,23-11-6-20-29-23)24-12-16-26(17-13-24,18-14-24)15-4-9-21-7-2-1-3-8-21;/h1-3,5-8,10-11,19-20,27H,4,9,12-18H2;1H/q+1;/p-1.